The second kappa shape index (κ2) is 7.11. The molecule has 0 aliphatic carbocycles. The van der Waals surface area contributed by atoms with Gasteiger partial charge in [0.2, 0.25) is 0 Å². The number of carbonyl (C=O) groups is 1. The molecule has 0 N–H and O–H groups in total. The molecule has 94 valence electrons. The van der Waals surface area contributed by atoms with E-state index in [9.17, 15) is 9.18 Å². The number of carbonyl (C=O) groups excluding carboxylic acids is 1. The highest BCUT2D eigenvalue weighted by Crippen LogP contribution is 2.17. The number of alkyl halides is 1. The van der Waals surface area contributed by atoms with E-state index in [0.29, 0.717) is 22.9 Å². The fourth-order valence-corrected chi connectivity index (χ4v) is 2.31. The predicted molar refractivity (Wildman–Crippen MR) is 74.1 cm³/mol. The normalized spacial score (nSPS) is 10.4. The van der Waals surface area contributed by atoms with E-state index in [4.69, 9.17) is 0 Å². The van der Waals surface area contributed by atoms with Crippen LogP contribution in [0.25, 0.3) is 0 Å². The number of amides is 1. The van der Waals surface area contributed by atoms with Crippen LogP contribution < -0.4 is 0 Å². The van der Waals surface area contributed by atoms with E-state index in [0.717, 1.165) is 6.42 Å². The molecule has 5 heteroatoms. The van der Waals surface area contributed by atoms with Crippen molar-refractivity contribution >= 4 is 37.8 Å². The quantitative estimate of drug-likeness (QED) is 0.725. The van der Waals surface area contributed by atoms with Crippen molar-refractivity contribution in [2.24, 2.45) is 0 Å². The van der Waals surface area contributed by atoms with Crippen molar-refractivity contribution in [2.75, 3.05) is 18.4 Å². The Morgan fingerprint density at radius 1 is 1.41 bits per heavy atom. The highest BCUT2D eigenvalue weighted by Gasteiger charge is 2.18. The first-order valence-electron chi connectivity index (χ1n) is 5.40. The zero-order valence-corrected chi connectivity index (χ0v) is 12.7. The summed E-state index contributed by atoms with van der Waals surface area (Å²) in [6.45, 7) is 3.21. The summed E-state index contributed by atoms with van der Waals surface area (Å²) in [4.78, 5) is 13.8. The van der Waals surface area contributed by atoms with Gasteiger partial charge < -0.3 is 4.90 Å². The highest BCUT2D eigenvalue weighted by atomic mass is 79.9. The lowest BCUT2D eigenvalue weighted by molar-refractivity contribution is 0.0761. The van der Waals surface area contributed by atoms with Gasteiger partial charge in [0.05, 0.1) is 5.56 Å². The Kier molecular flexibility index (Phi) is 6.12. The Balaban J connectivity index is 2.95. The van der Waals surface area contributed by atoms with Gasteiger partial charge in [-0.15, -0.1) is 0 Å². The number of benzene rings is 1. The molecule has 0 spiro atoms. The summed E-state index contributed by atoms with van der Waals surface area (Å²) >= 11 is 6.54. The molecule has 0 heterocycles. The first kappa shape index (κ1) is 14.6. The summed E-state index contributed by atoms with van der Waals surface area (Å²) in [5, 5.41) is 0.689. The van der Waals surface area contributed by atoms with Gasteiger partial charge in [0.15, 0.2) is 0 Å². The van der Waals surface area contributed by atoms with E-state index >= 15 is 0 Å². The largest absolute Gasteiger partial charge is 0.338 e. The van der Waals surface area contributed by atoms with Gasteiger partial charge in [0, 0.05) is 22.9 Å². The monoisotopic (exact) mass is 365 g/mol. The molecule has 2 nitrogen and oxygen atoms in total. The smallest absolute Gasteiger partial charge is 0.256 e. The van der Waals surface area contributed by atoms with Crippen LogP contribution in [0.4, 0.5) is 4.39 Å². The number of rotatable bonds is 5. The molecular formula is C12H14Br2FNO. The molecule has 0 unspecified atom stereocenters. The van der Waals surface area contributed by atoms with Crippen LogP contribution in [-0.2, 0) is 0 Å². The molecule has 0 fully saturated rings. The minimum absolute atomic E-state index is 0.119. The fraction of sp³-hybridized carbons (Fsp3) is 0.417. The molecule has 0 atom stereocenters. The van der Waals surface area contributed by atoms with Crippen LogP contribution >= 0.6 is 31.9 Å². The fourth-order valence-electron chi connectivity index (χ4n) is 1.52. The van der Waals surface area contributed by atoms with Crippen molar-refractivity contribution in [3.63, 3.8) is 0 Å². The lowest BCUT2D eigenvalue weighted by Crippen LogP contribution is -2.34. The Hall–Kier alpha value is -0.420. The van der Waals surface area contributed by atoms with Gasteiger partial charge in [0.25, 0.3) is 5.91 Å². The van der Waals surface area contributed by atoms with Crippen LogP contribution in [0.3, 0.4) is 0 Å². The van der Waals surface area contributed by atoms with Crippen LogP contribution in [0.15, 0.2) is 22.7 Å². The maximum atomic E-state index is 13.6. The summed E-state index contributed by atoms with van der Waals surface area (Å²) in [5.41, 5.74) is 0.119. The maximum absolute atomic E-state index is 13.6. The Labute approximate surface area is 117 Å². The van der Waals surface area contributed by atoms with Crippen LogP contribution in [0.1, 0.15) is 23.7 Å². The van der Waals surface area contributed by atoms with Gasteiger partial charge in [0.1, 0.15) is 5.82 Å². The third kappa shape index (κ3) is 4.07. The molecule has 0 radical (unpaired) electrons. The van der Waals surface area contributed by atoms with Crippen molar-refractivity contribution in [3.8, 4) is 0 Å². The van der Waals surface area contributed by atoms with E-state index < -0.39 is 5.82 Å². The van der Waals surface area contributed by atoms with Crippen molar-refractivity contribution in [1.29, 1.82) is 0 Å². The molecule has 0 aliphatic rings. The van der Waals surface area contributed by atoms with E-state index in [1.54, 1.807) is 11.0 Å². The molecule has 0 aromatic heterocycles. The molecule has 1 rings (SSSR count). The summed E-state index contributed by atoms with van der Waals surface area (Å²) < 4.78 is 14.3. The van der Waals surface area contributed by atoms with E-state index in [-0.39, 0.29) is 11.5 Å². The summed E-state index contributed by atoms with van der Waals surface area (Å²) in [7, 11) is 0. The van der Waals surface area contributed by atoms with Crippen molar-refractivity contribution in [3.05, 3.63) is 34.1 Å². The number of hydrogen-bond donors (Lipinski definition) is 0. The van der Waals surface area contributed by atoms with Crippen LogP contribution in [0.5, 0.6) is 0 Å². The first-order valence-corrected chi connectivity index (χ1v) is 7.32. The third-order valence-corrected chi connectivity index (χ3v) is 3.14. The van der Waals surface area contributed by atoms with Gasteiger partial charge in [-0.25, -0.2) is 4.39 Å². The number of hydrogen-bond acceptors (Lipinski definition) is 1. The topological polar surface area (TPSA) is 20.3 Å². The molecule has 0 saturated carbocycles. The summed E-state index contributed by atoms with van der Waals surface area (Å²) in [6, 6.07) is 4.41. The zero-order chi connectivity index (χ0) is 12.8. The molecule has 1 aromatic rings. The zero-order valence-electron chi connectivity index (χ0n) is 9.55. The summed E-state index contributed by atoms with van der Waals surface area (Å²) in [5.74, 6) is -0.737. The number of nitrogens with zero attached hydrogens (tertiary/aromatic N) is 1. The maximum Gasteiger partial charge on any atom is 0.256 e. The average Bonchev–Trinajstić information content (AvgIpc) is 2.31. The number of halogens is 3. The lowest BCUT2D eigenvalue weighted by Gasteiger charge is -2.21. The predicted octanol–water partition coefficient (Wildman–Crippen LogP) is 3.84. The first-order chi connectivity index (χ1) is 8.10. The highest BCUT2D eigenvalue weighted by molar-refractivity contribution is 9.10. The molecule has 0 aliphatic heterocycles. The third-order valence-electron chi connectivity index (χ3n) is 2.29. The Bertz CT molecular complexity index is 392. The standard InChI is InChI=1S/C12H14Br2FNO/c1-2-6-16(7-5-13)12(17)10-8-9(14)3-4-11(10)15/h3-4,8H,2,5-7H2,1H3. The second-order valence-electron chi connectivity index (χ2n) is 3.61. The summed E-state index contributed by atoms with van der Waals surface area (Å²) in [6.07, 6.45) is 0.856. The van der Waals surface area contributed by atoms with E-state index in [1.807, 2.05) is 6.92 Å². The van der Waals surface area contributed by atoms with Crippen LogP contribution in [-0.4, -0.2) is 29.2 Å². The molecule has 1 aromatic carbocycles. The van der Waals surface area contributed by atoms with Crippen LogP contribution in [0.2, 0.25) is 0 Å². The van der Waals surface area contributed by atoms with Gasteiger partial charge in [-0.05, 0) is 24.6 Å². The molecule has 1 amide bonds. The SMILES string of the molecule is CCCN(CCBr)C(=O)c1cc(Br)ccc1F. The van der Waals surface area contributed by atoms with E-state index in [2.05, 4.69) is 31.9 Å². The second-order valence-corrected chi connectivity index (χ2v) is 5.31. The van der Waals surface area contributed by atoms with Gasteiger partial charge in [-0.2, -0.15) is 0 Å². The lowest BCUT2D eigenvalue weighted by atomic mass is 10.2. The molecule has 0 saturated heterocycles. The molecule has 0 bridgehead atoms. The van der Waals surface area contributed by atoms with E-state index in [1.165, 1.54) is 12.1 Å². The van der Waals surface area contributed by atoms with Gasteiger partial charge in [-0.3, -0.25) is 4.79 Å². The average molecular weight is 367 g/mol. The van der Waals surface area contributed by atoms with Gasteiger partial charge in [-0.1, -0.05) is 38.8 Å². The molecule has 17 heavy (non-hydrogen) atoms. The van der Waals surface area contributed by atoms with Crippen molar-refractivity contribution < 1.29 is 9.18 Å². The van der Waals surface area contributed by atoms with Crippen molar-refractivity contribution in [1.82, 2.24) is 4.90 Å². The Morgan fingerprint density at radius 2 is 2.12 bits per heavy atom. The van der Waals surface area contributed by atoms with Crippen molar-refractivity contribution in [2.45, 2.75) is 13.3 Å². The van der Waals surface area contributed by atoms with Crippen LogP contribution in [0, 0.1) is 5.82 Å². The minimum Gasteiger partial charge on any atom is -0.338 e. The molecular weight excluding hydrogens is 353 g/mol. The van der Waals surface area contributed by atoms with Gasteiger partial charge >= 0.3 is 0 Å². The minimum atomic E-state index is -0.478. The Morgan fingerprint density at radius 3 is 2.71 bits per heavy atom.